The van der Waals surface area contributed by atoms with E-state index in [-0.39, 0.29) is 22.4 Å². The van der Waals surface area contributed by atoms with Gasteiger partial charge in [-0.05, 0) is 23.6 Å². The molecule has 0 amide bonds. The Morgan fingerprint density at radius 2 is 1.89 bits per heavy atom. The molecule has 1 rings (SSSR count). The van der Waals surface area contributed by atoms with Crippen molar-refractivity contribution in [1.82, 2.24) is 0 Å². The lowest BCUT2D eigenvalue weighted by molar-refractivity contribution is 0.0697. The molecule has 0 heterocycles. The number of carbonyl (C=O) groups is 1. The zero-order valence-electron chi connectivity index (χ0n) is 10.9. The van der Waals surface area contributed by atoms with Gasteiger partial charge in [0.15, 0.2) is 0 Å². The molecule has 1 aromatic rings. The van der Waals surface area contributed by atoms with Crippen LogP contribution in [0.25, 0.3) is 0 Å². The van der Waals surface area contributed by atoms with Crippen LogP contribution in [0.3, 0.4) is 0 Å². The lowest BCUT2D eigenvalue weighted by atomic mass is 10.0. The second kappa shape index (κ2) is 5.50. The molecular formula is C12H16BrNO4S. The van der Waals surface area contributed by atoms with Gasteiger partial charge in [0.1, 0.15) is 0 Å². The molecule has 0 aliphatic carbocycles. The van der Waals surface area contributed by atoms with Gasteiger partial charge in [-0.1, -0.05) is 36.7 Å². The molecule has 0 spiro atoms. The van der Waals surface area contributed by atoms with Gasteiger partial charge >= 0.3 is 5.97 Å². The van der Waals surface area contributed by atoms with Gasteiger partial charge in [0.05, 0.1) is 17.0 Å². The van der Waals surface area contributed by atoms with E-state index in [2.05, 4.69) is 20.7 Å². The quantitative estimate of drug-likeness (QED) is 0.875. The van der Waals surface area contributed by atoms with E-state index in [1.54, 1.807) is 0 Å². The van der Waals surface area contributed by atoms with Crippen LogP contribution in [-0.4, -0.2) is 25.2 Å². The van der Waals surface area contributed by atoms with Crippen LogP contribution in [0.4, 0.5) is 5.69 Å². The van der Waals surface area contributed by atoms with Crippen LogP contribution >= 0.6 is 15.9 Å². The minimum Gasteiger partial charge on any atom is -0.478 e. The van der Waals surface area contributed by atoms with E-state index < -0.39 is 16.0 Å². The van der Waals surface area contributed by atoms with Crippen LogP contribution in [0, 0.1) is 5.41 Å². The Kier molecular flexibility index (Phi) is 4.63. The molecule has 5 nitrogen and oxygen atoms in total. The predicted octanol–water partition coefficient (Wildman–Crippen LogP) is 2.94. The Morgan fingerprint density at radius 1 is 1.32 bits per heavy atom. The van der Waals surface area contributed by atoms with Gasteiger partial charge in [-0.3, -0.25) is 4.72 Å². The molecule has 0 aromatic heterocycles. The largest absolute Gasteiger partial charge is 0.478 e. The van der Waals surface area contributed by atoms with Crippen molar-refractivity contribution in [1.29, 1.82) is 0 Å². The average molecular weight is 350 g/mol. The van der Waals surface area contributed by atoms with Gasteiger partial charge in [0.25, 0.3) is 0 Å². The monoisotopic (exact) mass is 349 g/mol. The second-order valence-electron chi connectivity index (χ2n) is 5.46. The summed E-state index contributed by atoms with van der Waals surface area (Å²) in [5, 5.41) is 8.92. The van der Waals surface area contributed by atoms with E-state index in [0.717, 1.165) is 0 Å². The predicted molar refractivity (Wildman–Crippen MR) is 78.0 cm³/mol. The average Bonchev–Trinajstić information content (AvgIpc) is 2.10. The fourth-order valence-electron chi connectivity index (χ4n) is 1.56. The highest BCUT2D eigenvalue weighted by Crippen LogP contribution is 2.23. The van der Waals surface area contributed by atoms with Gasteiger partial charge < -0.3 is 5.11 Å². The number of benzene rings is 1. The number of carboxylic acids is 1. The molecule has 0 fully saturated rings. The third-order valence-corrected chi connectivity index (χ3v) is 4.29. The summed E-state index contributed by atoms with van der Waals surface area (Å²) in [5.41, 5.74) is -0.133. The van der Waals surface area contributed by atoms with Crippen molar-refractivity contribution >= 4 is 37.6 Å². The molecular weight excluding hydrogens is 334 g/mol. The summed E-state index contributed by atoms with van der Waals surface area (Å²) >= 11 is 3.15. The topological polar surface area (TPSA) is 83.5 Å². The normalized spacial score (nSPS) is 12.2. The Balaban J connectivity index is 3.03. The van der Waals surface area contributed by atoms with E-state index in [9.17, 15) is 13.2 Å². The summed E-state index contributed by atoms with van der Waals surface area (Å²) in [4.78, 5) is 10.9. The lowest BCUT2D eigenvalue weighted by Gasteiger charge is -2.19. The summed E-state index contributed by atoms with van der Waals surface area (Å²) in [7, 11) is -3.52. The lowest BCUT2D eigenvalue weighted by Crippen LogP contribution is -2.26. The van der Waals surface area contributed by atoms with Gasteiger partial charge in [-0.25, -0.2) is 13.2 Å². The van der Waals surface area contributed by atoms with Gasteiger partial charge in [0.2, 0.25) is 10.0 Å². The SMILES string of the molecule is CC(C)(C)CS(=O)(=O)Nc1cc(Br)cc(C(=O)O)c1. The van der Waals surface area contributed by atoms with Crippen LogP contribution in [0.15, 0.2) is 22.7 Å². The van der Waals surface area contributed by atoms with Gasteiger partial charge in [-0.2, -0.15) is 0 Å². The molecule has 106 valence electrons. The van der Waals surface area contributed by atoms with Crippen molar-refractivity contribution in [3.63, 3.8) is 0 Å². The van der Waals surface area contributed by atoms with Crippen LogP contribution in [0.2, 0.25) is 0 Å². The first-order valence-corrected chi connectivity index (χ1v) is 7.97. The summed E-state index contributed by atoms with van der Waals surface area (Å²) in [6.07, 6.45) is 0. The van der Waals surface area contributed by atoms with E-state index in [1.807, 2.05) is 20.8 Å². The summed E-state index contributed by atoms with van der Waals surface area (Å²) in [5.74, 6) is -1.16. The number of hydrogen-bond acceptors (Lipinski definition) is 3. The minimum absolute atomic E-state index is 0.0165. The number of hydrogen-bond donors (Lipinski definition) is 2. The molecule has 0 unspecified atom stereocenters. The van der Waals surface area contributed by atoms with Crippen molar-refractivity contribution < 1.29 is 18.3 Å². The Labute approximate surface area is 121 Å². The van der Waals surface area contributed by atoms with E-state index >= 15 is 0 Å². The molecule has 0 aliphatic rings. The van der Waals surface area contributed by atoms with Crippen molar-refractivity contribution in [3.8, 4) is 0 Å². The highest BCUT2D eigenvalue weighted by atomic mass is 79.9. The molecule has 19 heavy (non-hydrogen) atoms. The Morgan fingerprint density at radius 3 is 2.37 bits per heavy atom. The van der Waals surface area contributed by atoms with E-state index in [0.29, 0.717) is 4.47 Å². The third-order valence-electron chi connectivity index (χ3n) is 2.04. The highest BCUT2D eigenvalue weighted by molar-refractivity contribution is 9.10. The number of aromatic carboxylic acids is 1. The number of sulfonamides is 1. The molecule has 0 atom stereocenters. The Hall–Kier alpha value is -1.08. The minimum atomic E-state index is -3.52. The second-order valence-corrected chi connectivity index (χ2v) is 8.09. The molecule has 7 heteroatoms. The van der Waals surface area contributed by atoms with Gasteiger partial charge in [-0.15, -0.1) is 0 Å². The first kappa shape index (κ1) is 16.0. The van der Waals surface area contributed by atoms with Crippen LogP contribution in [0.1, 0.15) is 31.1 Å². The van der Waals surface area contributed by atoms with Crippen molar-refractivity contribution in [2.75, 3.05) is 10.5 Å². The number of carboxylic acid groups (broad SMARTS) is 1. The number of halogens is 1. The zero-order chi connectivity index (χ0) is 14.8. The molecule has 0 saturated carbocycles. The molecule has 2 N–H and O–H groups in total. The maximum Gasteiger partial charge on any atom is 0.335 e. The van der Waals surface area contributed by atoms with E-state index in [1.165, 1.54) is 18.2 Å². The molecule has 1 aromatic carbocycles. The maximum absolute atomic E-state index is 11.9. The number of rotatable bonds is 4. The van der Waals surface area contributed by atoms with Gasteiger partial charge in [0, 0.05) is 4.47 Å². The zero-order valence-corrected chi connectivity index (χ0v) is 13.3. The van der Waals surface area contributed by atoms with E-state index in [4.69, 9.17) is 5.11 Å². The summed E-state index contributed by atoms with van der Waals surface area (Å²) in [6, 6.07) is 4.21. The summed E-state index contributed by atoms with van der Waals surface area (Å²) in [6.45, 7) is 5.45. The molecule has 0 aliphatic heterocycles. The maximum atomic E-state index is 11.9. The molecule has 0 radical (unpaired) electrons. The smallest absolute Gasteiger partial charge is 0.335 e. The van der Waals surface area contributed by atoms with Crippen LogP contribution < -0.4 is 4.72 Å². The fourth-order valence-corrected chi connectivity index (χ4v) is 3.74. The summed E-state index contributed by atoms with van der Waals surface area (Å²) < 4.78 is 26.8. The van der Waals surface area contributed by atoms with Crippen molar-refractivity contribution in [2.24, 2.45) is 5.41 Å². The molecule has 0 saturated heterocycles. The molecule has 0 bridgehead atoms. The van der Waals surface area contributed by atoms with Crippen molar-refractivity contribution in [3.05, 3.63) is 28.2 Å². The number of nitrogens with one attached hydrogen (secondary N) is 1. The van der Waals surface area contributed by atoms with Crippen LogP contribution in [-0.2, 0) is 10.0 Å². The first-order valence-electron chi connectivity index (χ1n) is 5.53. The Bertz CT molecular complexity index is 590. The van der Waals surface area contributed by atoms with Crippen molar-refractivity contribution in [2.45, 2.75) is 20.8 Å². The third kappa shape index (κ3) is 5.61. The first-order chi connectivity index (χ1) is 8.48. The van der Waals surface area contributed by atoms with Crippen LogP contribution in [0.5, 0.6) is 0 Å². The highest BCUT2D eigenvalue weighted by Gasteiger charge is 2.22. The fraction of sp³-hybridized carbons (Fsp3) is 0.417. The standard InChI is InChI=1S/C12H16BrNO4S/c1-12(2,3)7-19(17,18)14-10-5-8(11(15)16)4-9(13)6-10/h4-6,14H,7H2,1-3H3,(H,15,16). The number of anilines is 1.